The number of ether oxygens (including phenoxy) is 1. The third kappa shape index (κ3) is 5.08. The van der Waals surface area contributed by atoms with Crippen molar-refractivity contribution < 1.29 is 32.5 Å². The summed E-state index contributed by atoms with van der Waals surface area (Å²) in [5.74, 6) is 0.729. The standard InChI is InChI=1S/C33H31F4N5O3/c1-2-21-24(35)7-6-18-11-20(43)12-22(27(18)21)29-28(37)30-23(14-38-29)31(41-9-3-5-25(36)26(44)16-41)40-32(39-30)45-17-33-8-4-10-42(33)15-19(34)13-33/h1,6-7,11-12,14,19,25-26,43-44H,3-5,8-10,13,15-17H2/t19-,25?,26?,33?/m1/s1. The molecule has 2 aromatic heterocycles. The van der Waals surface area contributed by atoms with Crippen molar-refractivity contribution in [3.8, 4) is 35.4 Å². The van der Waals surface area contributed by atoms with Crippen molar-refractivity contribution in [3.63, 3.8) is 0 Å². The highest BCUT2D eigenvalue weighted by Gasteiger charge is 2.49. The largest absolute Gasteiger partial charge is 0.508 e. The van der Waals surface area contributed by atoms with Crippen molar-refractivity contribution in [1.29, 1.82) is 0 Å². The van der Waals surface area contributed by atoms with Crippen LogP contribution in [0.4, 0.5) is 23.4 Å². The molecule has 3 unspecified atom stereocenters. The number of anilines is 1. The zero-order valence-corrected chi connectivity index (χ0v) is 24.3. The number of phenols is 1. The monoisotopic (exact) mass is 621 g/mol. The van der Waals surface area contributed by atoms with Crippen molar-refractivity contribution >= 4 is 27.5 Å². The topological polar surface area (TPSA) is 94.8 Å². The quantitative estimate of drug-likeness (QED) is 0.236. The minimum Gasteiger partial charge on any atom is -0.508 e. The number of benzene rings is 2. The van der Waals surface area contributed by atoms with Gasteiger partial charge >= 0.3 is 6.01 Å². The number of halogens is 4. The Bertz CT molecular complexity index is 1850. The number of aromatic hydroxyl groups is 1. The average Bonchev–Trinajstić information content (AvgIpc) is 3.48. The van der Waals surface area contributed by atoms with Gasteiger partial charge < -0.3 is 19.8 Å². The molecular weight excluding hydrogens is 590 g/mol. The minimum atomic E-state index is -1.42. The maximum atomic E-state index is 16.7. The molecule has 12 heteroatoms. The lowest BCUT2D eigenvalue weighted by Gasteiger charge is -2.31. The van der Waals surface area contributed by atoms with Crippen LogP contribution < -0.4 is 9.64 Å². The second-order valence-corrected chi connectivity index (χ2v) is 12.2. The zero-order valence-electron chi connectivity index (χ0n) is 24.3. The summed E-state index contributed by atoms with van der Waals surface area (Å²) in [5, 5.41) is 21.7. The second kappa shape index (κ2) is 11.3. The molecule has 0 aliphatic carbocycles. The molecule has 3 aliphatic rings. The van der Waals surface area contributed by atoms with E-state index in [2.05, 4.69) is 25.8 Å². The van der Waals surface area contributed by atoms with Crippen LogP contribution in [0.25, 0.3) is 32.9 Å². The van der Waals surface area contributed by atoms with Crippen LogP contribution in [-0.2, 0) is 0 Å². The second-order valence-electron chi connectivity index (χ2n) is 12.2. The van der Waals surface area contributed by atoms with E-state index in [0.29, 0.717) is 31.3 Å². The Morgan fingerprint density at radius 2 is 1.96 bits per heavy atom. The number of aliphatic hydroxyl groups is 1. The van der Waals surface area contributed by atoms with Crippen LogP contribution >= 0.6 is 0 Å². The van der Waals surface area contributed by atoms with Crippen LogP contribution in [0.3, 0.4) is 0 Å². The smallest absolute Gasteiger partial charge is 0.319 e. The molecule has 8 nitrogen and oxygen atoms in total. The molecule has 4 aromatic rings. The molecular formula is C33H31F4N5O3. The Morgan fingerprint density at radius 1 is 1.11 bits per heavy atom. The summed E-state index contributed by atoms with van der Waals surface area (Å²) in [6, 6.07) is 5.09. The number of nitrogens with zero attached hydrogens (tertiary/aromatic N) is 5. The molecule has 0 bridgehead atoms. The normalized spacial score (nSPS) is 25.4. The van der Waals surface area contributed by atoms with Crippen LogP contribution in [0.15, 0.2) is 30.5 Å². The Morgan fingerprint density at radius 3 is 2.78 bits per heavy atom. The van der Waals surface area contributed by atoms with Crippen molar-refractivity contribution in [2.24, 2.45) is 0 Å². The van der Waals surface area contributed by atoms with Gasteiger partial charge in [0.1, 0.15) is 53.6 Å². The lowest BCUT2D eigenvalue weighted by atomic mass is 9.95. The minimum absolute atomic E-state index is 0.0605. The van der Waals surface area contributed by atoms with E-state index in [0.717, 1.165) is 19.4 Å². The maximum absolute atomic E-state index is 16.7. The molecule has 2 N–H and O–H groups in total. The summed E-state index contributed by atoms with van der Waals surface area (Å²) in [7, 11) is 0. The van der Waals surface area contributed by atoms with Crippen LogP contribution in [0.1, 0.15) is 37.7 Å². The summed E-state index contributed by atoms with van der Waals surface area (Å²) in [4.78, 5) is 17.1. The van der Waals surface area contributed by atoms with Crippen LogP contribution in [0.2, 0.25) is 0 Å². The summed E-state index contributed by atoms with van der Waals surface area (Å²) < 4.78 is 66.4. The summed E-state index contributed by atoms with van der Waals surface area (Å²) in [5.41, 5.74) is -0.987. The van der Waals surface area contributed by atoms with E-state index in [1.165, 1.54) is 30.5 Å². The molecule has 234 valence electrons. The number of aliphatic hydroxyl groups excluding tert-OH is 1. The van der Waals surface area contributed by atoms with Gasteiger partial charge in [0.25, 0.3) is 0 Å². The molecule has 0 radical (unpaired) electrons. The lowest BCUT2D eigenvalue weighted by Crippen LogP contribution is -2.43. The van der Waals surface area contributed by atoms with Crippen LogP contribution in [-0.4, -0.2) is 86.8 Å². The number of terminal acetylenes is 1. The molecule has 7 rings (SSSR count). The van der Waals surface area contributed by atoms with Gasteiger partial charge in [-0.1, -0.05) is 12.0 Å². The van der Waals surface area contributed by atoms with Gasteiger partial charge in [-0.2, -0.15) is 9.97 Å². The molecule has 0 spiro atoms. The first kappa shape index (κ1) is 29.5. The van der Waals surface area contributed by atoms with Gasteiger partial charge in [0, 0.05) is 43.2 Å². The molecule has 3 aliphatic heterocycles. The molecule has 2 aromatic carbocycles. The Hall–Kier alpha value is -4.21. The number of β-amino-alcohol motifs (C(OH)–C–C–N with tert-alkyl or cyclic N) is 1. The van der Waals surface area contributed by atoms with Gasteiger partial charge in [-0.25, -0.2) is 17.6 Å². The number of alkyl halides is 2. The van der Waals surface area contributed by atoms with Gasteiger partial charge in [-0.15, -0.1) is 6.42 Å². The van der Waals surface area contributed by atoms with Crippen molar-refractivity contribution in [1.82, 2.24) is 19.9 Å². The SMILES string of the molecule is C#Cc1c(F)ccc2cc(O)cc(-c3ncc4c(N5CCCC(F)C(O)C5)nc(OCC56CCCN5C[C@H](F)C6)nc4c3F)c12. The number of phenolic OH excluding ortho intramolecular Hbond substituents is 1. The predicted octanol–water partition coefficient (Wildman–Crippen LogP) is 5.06. The maximum Gasteiger partial charge on any atom is 0.319 e. The zero-order chi connectivity index (χ0) is 31.5. The first-order chi connectivity index (χ1) is 21.7. The number of aromatic nitrogens is 3. The molecule has 5 heterocycles. The van der Waals surface area contributed by atoms with Crippen LogP contribution in [0, 0.1) is 24.0 Å². The number of hydrogen-bond donors (Lipinski definition) is 2. The van der Waals surface area contributed by atoms with E-state index in [1.54, 1.807) is 4.90 Å². The predicted molar refractivity (Wildman–Crippen MR) is 161 cm³/mol. The third-order valence-electron chi connectivity index (χ3n) is 9.36. The van der Waals surface area contributed by atoms with E-state index in [1.807, 2.05) is 0 Å². The third-order valence-corrected chi connectivity index (χ3v) is 9.36. The van der Waals surface area contributed by atoms with Crippen molar-refractivity contribution in [2.45, 2.75) is 56.1 Å². The molecule has 0 saturated carbocycles. The first-order valence-electron chi connectivity index (χ1n) is 15.0. The Balaban J connectivity index is 1.38. The van der Waals surface area contributed by atoms with Crippen molar-refractivity contribution in [2.75, 3.05) is 37.7 Å². The van der Waals surface area contributed by atoms with E-state index in [4.69, 9.17) is 11.2 Å². The fourth-order valence-corrected chi connectivity index (χ4v) is 7.21. The van der Waals surface area contributed by atoms with Gasteiger partial charge in [0.2, 0.25) is 0 Å². The number of hydrogen-bond acceptors (Lipinski definition) is 8. The lowest BCUT2D eigenvalue weighted by molar-refractivity contribution is 0.0845. The number of rotatable bonds is 5. The fraction of sp³-hybridized carbons (Fsp3) is 0.424. The summed E-state index contributed by atoms with van der Waals surface area (Å²) in [6.45, 7) is 1.40. The highest BCUT2D eigenvalue weighted by molar-refractivity contribution is 6.03. The highest BCUT2D eigenvalue weighted by atomic mass is 19.1. The highest BCUT2D eigenvalue weighted by Crippen LogP contribution is 2.42. The number of pyridine rings is 1. The Labute approximate surface area is 256 Å². The molecule has 3 saturated heterocycles. The van der Waals surface area contributed by atoms with E-state index in [-0.39, 0.29) is 70.3 Å². The first-order valence-corrected chi connectivity index (χ1v) is 15.0. The molecule has 45 heavy (non-hydrogen) atoms. The van der Waals surface area contributed by atoms with Gasteiger partial charge in [0.05, 0.1) is 16.5 Å². The summed E-state index contributed by atoms with van der Waals surface area (Å²) in [6.07, 6.45) is 5.82. The molecule has 4 atom stereocenters. The molecule has 3 fully saturated rings. The van der Waals surface area contributed by atoms with Crippen molar-refractivity contribution in [3.05, 3.63) is 47.7 Å². The van der Waals surface area contributed by atoms with E-state index >= 15 is 4.39 Å². The van der Waals surface area contributed by atoms with Crippen LogP contribution in [0.5, 0.6) is 11.8 Å². The average molecular weight is 622 g/mol. The summed E-state index contributed by atoms with van der Waals surface area (Å²) >= 11 is 0. The van der Waals surface area contributed by atoms with E-state index in [9.17, 15) is 23.4 Å². The van der Waals surface area contributed by atoms with Gasteiger partial charge in [-0.3, -0.25) is 9.88 Å². The van der Waals surface area contributed by atoms with Gasteiger partial charge in [0.15, 0.2) is 5.82 Å². The van der Waals surface area contributed by atoms with E-state index < -0.39 is 35.6 Å². The van der Waals surface area contributed by atoms with Gasteiger partial charge in [-0.05, 0) is 55.8 Å². The fourth-order valence-electron chi connectivity index (χ4n) is 7.21. The molecule has 0 amide bonds. The number of fused-ring (bicyclic) bond motifs is 3. The Kier molecular flexibility index (Phi) is 7.41.